The zero-order valence-electron chi connectivity index (χ0n) is 10.5. The minimum Gasteiger partial charge on any atom is -0.353 e. The van der Waals surface area contributed by atoms with Crippen molar-refractivity contribution in [3.8, 4) is 11.3 Å². The highest BCUT2D eigenvalue weighted by Gasteiger charge is 2.15. The molecule has 0 aliphatic carbocycles. The van der Waals surface area contributed by atoms with Crippen LogP contribution in [0.5, 0.6) is 0 Å². The van der Waals surface area contributed by atoms with Crippen molar-refractivity contribution in [1.82, 2.24) is 20.1 Å². The predicted octanol–water partition coefficient (Wildman–Crippen LogP) is 0.892. The molecule has 3 heterocycles. The van der Waals surface area contributed by atoms with E-state index in [1.807, 2.05) is 24.0 Å². The first-order chi connectivity index (χ1) is 8.84. The van der Waals surface area contributed by atoms with E-state index in [1.165, 1.54) is 0 Å². The van der Waals surface area contributed by atoms with Crippen molar-refractivity contribution < 1.29 is 0 Å². The summed E-state index contributed by atoms with van der Waals surface area (Å²) >= 11 is 0. The average molecular weight is 243 g/mol. The predicted molar refractivity (Wildman–Crippen MR) is 71.5 cm³/mol. The quantitative estimate of drug-likeness (QED) is 0.851. The van der Waals surface area contributed by atoms with E-state index in [1.54, 1.807) is 6.20 Å². The molecule has 2 aromatic heterocycles. The lowest BCUT2D eigenvalue weighted by atomic mass is 10.2. The highest BCUT2D eigenvalue weighted by molar-refractivity contribution is 5.63. The second-order valence-electron chi connectivity index (χ2n) is 4.49. The largest absolute Gasteiger partial charge is 0.353 e. The third kappa shape index (κ3) is 2.09. The number of piperazine rings is 1. The molecule has 0 aromatic carbocycles. The number of hydrogen-bond donors (Lipinski definition) is 1. The van der Waals surface area contributed by atoms with Crippen molar-refractivity contribution in [2.24, 2.45) is 7.05 Å². The summed E-state index contributed by atoms with van der Waals surface area (Å²) in [5, 5.41) is 7.95. The van der Waals surface area contributed by atoms with Crippen LogP contribution in [0.3, 0.4) is 0 Å². The van der Waals surface area contributed by atoms with Gasteiger partial charge in [-0.15, -0.1) is 0 Å². The summed E-state index contributed by atoms with van der Waals surface area (Å²) in [6.45, 7) is 4.09. The number of nitrogens with zero attached hydrogens (tertiary/aromatic N) is 4. The fourth-order valence-electron chi connectivity index (χ4n) is 2.29. The lowest BCUT2D eigenvalue weighted by Gasteiger charge is -2.27. The molecule has 5 nitrogen and oxygen atoms in total. The van der Waals surface area contributed by atoms with Crippen molar-refractivity contribution in [1.29, 1.82) is 0 Å². The molecule has 1 aliphatic rings. The number of rotatable bonds is 2. The summed E-state index contributed by atoms with van der Waals surface area (Å²) in [5.74, 6) is 1.05. The lowest BCUT2D eigenvalue weighted by Crippen LogP contribution is -2.43. The third-order valence-corrected chi connectivity index (χ3v) is 3.27. The fourth-order valence-corrected chi connectivity index (χ4v) is 2.29. The molecule has 0 radical (unpaired) electrons. The molecule has 1 N–H and O–H groups in total. The van der Waals surface area contributed by atoms with Gasteiger partial charge in [-0.2, -0.15) is 5.10 Å². The van der Waals surface area contributed by atoms with Gasteiger partial charge in [0.25, 0.3) is 0 Å². The lowest BCUT2D eigenvalue weighted by molar-refractivity contribution is 0.581. The van der Waals surface area contributed by atoms with Crippen LogP contribution in [0.4, 0.5) is 5.82 Å². The van der Waals surface area contributed by atoms with E-state index in [0.717, 1.165) is 43.3 Å². The molecule has 0 amide bonds. The molecular weight excluding hydrogens is 226 g/mol. The zero-order chi connectivity index (χ0) is 12.4. The molecule has 1 aliphatic heterocycles. The van der Waals surface area contributed by atoms with Gasteiger partial charge in [-0.25, -0.2) is 0 Å². The van der Waals surface area contributed by atoms with Crippen molar-refractivity contribution in [3.63, 3.8) is 0 Å². The minimum absolute atomic E-state index is 1.02. The summed E-state index contributed by atoms with van der Waals surface area (Å²) in [5.41, 5.74) is 2.21. The van der Waals surface area contributed by atoms with Crippen molar-refractivity contribution >= 4 is 5.82 Å². The van der Waals surface area contributed by atoms with Gasteiger partial charge in [0.2, 0.25) is 0 Å². The SMILES string of the molecule is Cn1nc(N2CCNCC2)cc1-c1cccnc1. The molecule has 18 heavy (non-hydrogen) atoms. The number of aromatic nitrogens is 3. The maximum atomic E-state index is 4.60. The monoisotopic (exact) mass is 243 g/mol. The number of aryl methyl sites for hydroxylation is 1. The van der Waals surface area contributed by atoms with Gasteiger partial charge in [0.05, 0.1) is 5.69 Å². The minimum atomic E-state index is 1.02. The van der Waals surface area contributed by atoms with Crippen LogP contribution in [-0.4, -0.2) is 40.9 Å². The second kappa shape index (κ2) is 4.78. The van der Waals surface area contributed by atoms with Crippen LogP contribution >= 0.6 is 0 Å². The second-order valence-corrected chi connectivity index (χ2v) is 4.49. The van der Waals surface area contributed by atoms with Gasteiger partial charge in [0.1, 0.15) is 0 Å². The Kier molecular flexibility index (Phi) is 2.98. The summed E-state index contributed by atoms with van der Waals surface area (Å²) in [4.78, 5) is 6.48. The summed E-state index contributed by atoms with van der Waals surface area (Å²) < 4.78 is 1.92. The molecule has 0 bridgehead atoms. The molecule has 5 heteroatoms. The van der Waals surface area contributed by atoms with E-state index in [9.17, 15) is 0 Å². The molecule has 0 unspecified atom stereocenters. The van der Waals surface area contributed by atoms with Crippen LogP contribution in [0.25, 0.3) is 11.3 Å². The number of nitrogens with one attached hydrogen (secondary N) is 1. The van der Waals surface area contributed by atoms with Crippen LogP contribution in [0.1, 0.15) is 0 Å². The van der Waals surface area contributed by atoms with Crippen LogP contribution in [0, 0.1) is 0 Å². The maximum Gasteiger partial charge on any atom is 0.151 e. The smallest absolute Gasteiger partial charge is 0.151 e. The molecule has 1 saturated heterocycles. The van der Waals surface area contributed by atoms with Crippen molar-refractivity contribution in [2.75, 3.05) is 31.1 Å². The van der Waals surface area contributed by atoms with Crippen LogP contribution < -0.4 is 10.2 Å². The first-order valence-corrected chi connectivity index (χ1v) is 6.25. The van der Waals surface area contributed by atoms with Gasteiger partial charge in [-0.3, -0.25) is 9.67 Å². The Morgan fingerprint density at radius 3 is 2.83 bits per heavy atom. The Morgan fingerprint density at radius 2 is 2.11 bits per heavy atom. The molecular formula is C13H17N5. The van der Waals surface area contributed by atoms with Gasteiger partial charge < -0.3 is 10.2 Å². The zero-order valence-corrected chi connectivity index (χ0v) is 10.5. The topological polar surface area (TPSA) is 46.0 Å². The first-order valence-electron chi connectivity index (χ1n) is 6.25. The molecule has 3 rings (SSSR count). The van der Waals surface area contributed by atoms with Crippen LogP contribution in [0.15, 0.2) is 30.6 Å². The molecule has 0 saturated carbocycles. The number of hydrogen-bond acceptors (Lipinski definition) is 4. The number of anilines is 1. The van der Waals surface area contributed by atoms with Gasteiger partial charge in [0, 0.05) is 57.3 Å². The molecule has 0 spiro atoms. The Hall–Kier alpha value is -1.88. The van der Waals surface area contributed by atoms with Crippen molar-refractivity contribution in [2.45, 2.75) is 0 Å². The van der Waals surface area contributed by atoms with E-state index in [-0.39, 0.29) is 0 Å². The maximum absolute atomic E-state index is 4.60. The van der Waals surface area contributed by atoms with Gasteiger partial charge in [-0.1, -0.05) is 0 Å². The molecule has 0 atom stereocenters. The van der Waals surface area contributed by atoms with E-state index in [4.69, 9.17) is 0 Å². The standard InChI is InChI=1S/C13H17N5/c1-17-12(11-3-2-4-15-10-11)9-13(16-17)18-7-5-14-6-8-18/h2-4,9-10,14H,5-8H2,1H3. The Balaban J connectivity index is 1.91. The Labute approximate surface area is 106 Å². The summed E-state index contributed by atoms with van der Waals surface area (Å²) in [6.07, 6.45) is 3.66. The summed E-state index contributed by atoms with van der Waals surface area (Å²) in [7, 11) is 1.98. The van der Waals surface area contributed by atoms with E-state index in [2.05, 4.69) is 32.4 Å². The van der Waals surface area contributed by atoms with Gasteiger partial charge >= 0.3 is 0 Å². The Bertz CT molecular complexity index is 513. The van der Waals surface area contributed by atoms with Gasteiger partial charge in [0.15, 0.2) is 5.82 Å². The average Bonchev–Trinajstić information content (AvgIpc) is 2.83. The number of pyridine rings is 1. The molecule has 94 valence electrons. The van der Waals surface area contributed by atoms with Crippen LogP contribution in [0.2, 0.25) is 0 Å². The third-order valence-electron chi connectivity index (χ3n) is 3.27. The normalized spacial score (nSPS) is 15.9. The van der Waals surface area contributed by atoms with Crippen molar-refractivity contribution in [3.05, 3.63) is 30.6 Å². The van der Waals surface area contributed by atoms with E-state index >= 15 is 0 Å². The molecule has 1 fully saturated rings. The van der Waals surface area contributed by atoms with E-state index < -0.39 is 0 Å². The van der Waals surface area contributed by atoms with Crippen LogP contribution in [-0.2, 0) is 7.05 Å². The molecule has 2 aromatic rings. The highest BCUT2D eigenvalue weighted by Crippen LogP contribution is 2.23. The van der Waals surface area contributed by atoms with Gasteiger partial charge in [-0.05, 0) is 12.1 Å². The summed E-state index contributed by atoms with van der Waals surface area (Å²) in [6, 6.07) is 6.15. The fraction of sp³-hybridized carbons (Fsp3) is 0.385. The first kappa shape index (κ1) is 11.2. The van der Waals surface area contributed by atoms with E-state index in [0.29, 0.717) is 0 Å². The highest BCUT2D eigenvalue weighted by atomic mass is 15.4. The Morgan fingerprint density at radius 1 is 1.28 bits per heavy atom.